The molecular formula is C12H21N3O5S. The first-order chi connectivity index (χ1) is 9.99. The highest BCUT2D eigenvalue weighted by Crippen LogP contribution is 1.92. The van der Waals surface area contributed by atoms with Crippen LogP contribution in [0.1, 0.15) is 33.1 Å². The van der Waals surface area contributed by atoms with Crippen LogP contribution in [0.3, 0.4) is 0 Å². The molecule has 0 rings (SSSR count). The second-order valence-corrected chi connectivity index (χ2v) is 4.21. The summed E-state index contributed by atoms with van der Waals surface area (Å²) in [7, 11) is 0. The van der Waals surface area contributed by atoms with Crippen LogP contribution in [0.4, 0.5) is 0 Å². The topological polar surface area (TPSA) is 106 Å². The fourth-order valence-electron chi connectivity index (χ4n) is 1.17. The van der Waals surface area contributed by atoms with Gasteiger partial charge < -0.3 is 14.8 Å². The Labute approximate surface area is 128 Å². The third-order valence-corrected chi connectivity index (χ3v) is 2.31. The summed E-state index contributed by atoms with van der Waals surface area (Å²) in [5.41, 5.74) is 4.70. The molecule has 21 heavy (non-hydrogen) atoms. The number of hydrazine groups is 1. The quantitative estimate of drug-likeness (QED) is 0.246. The number of hydrogen-bond acceptors (Lipinski definition) is 6. The van der Waals surface area contributed by atoms with E-state index >= 15 is 0 Å². The molecule has 0 spiro atoms. The Morgan fingerprint density at radius 1 is 0.952 bits per heavy atom. The first-order valence-electron chi connectivity index (χ1n) is 6.61. The summed E-state index contributed by atoms with van der Waals surface area (Å²) in [4.78, 5) is 33.8. The molecule has 9 heteroatoms. The monoisotopic (exact) mass is 319 g/mol. The van der Waals surface area contributed by atoms with Crippen LogP contribution >= 0.6 is 12.2 Å². The zero-order valence-corrected chi connectivity index (χ0v) is 13.0. The van der Waals surface area contributed by atoms with E-state index in [9.17, 15) is 14.4 Å². The van der Waals surface area contributed by atoms with E-state index in [0.29, 0.717) is 13.2 Å². The van der Waals surface area contributed by atoms with Gasteiger partial charge in [-0.05, 0) is 26.1 Å². The van der Waals surface area contributed by atoms with Crippen LogP contribution in [-0.4, -0.2) is 42.7 Å². The van der Waals surface area contributed by atoms with E-state index in [4.69, 9.17) is 17.0 Å². The Hall–Kier alpha value is -1.74. The summed E-state index contributed by atoms with van der Waals surface area (Å²) >= 11 is 4.81. The van der Waals surface area contributed by atoms with E-state index in [2.05, 4.69) is 20.9 Å². The van der Waals surface area contributed by atoms with Crippen LogP contribution in [0.2, 0.25) is 0 Å². The number of carbonyl (C=O) groups excluding carboxylic acids is 3. The highest BCUT2D eigenvalue weighted by molar-refractivity contribution is 7.80. The third kappa shape index (κ3) is 11.8. The Morgan fingerprint density at radius 2 is 1.67 bits per heavy atom. The minimum atomic E-state index is -0.448. The van der Waals surface area contributed by atoms with E-state index < -0.39 is 11.9 Å². The Kier molecular flexibility index (Phi) is 11.0. The average molecular weight is 319 g/mol. The Morgan fingerprint density at radius 3 is 2.29 bits per heavy atom. The molecule has 0 aliphatic carbocycles. The Balaban J connectivity index is 3.75. The van der Waals surface area contributed by atoms with Crippen LogP contribution in [0, 0.1) is 0 Å². The summed E-state index contributed by atoms with van der Waals surface area (Å²) in [6.07, 6.45) is 0.113. The van der Waals surface area contributed by atoms with Crippen LogP contribution in [0.25, 0.3) is 0 Å². The summed E-state index contributed by atoms with van der Waals surface area (Å²) in [6, 6.07) is 0. The number of amides is 2. The van der Waals surface area contributed by atoms with Gasteiger partial charge in [0.25, 0.3) is 0 Å². The lowest BCUT2D eigenvalue weighted by atomic mass is 10.3. The standard InChI is InChI=1S/C12H21N3O5S/c1-3-19-8-7-10(17)14-15-12(21)13-9(16)5-6-11(18)20-4-2/h3-8H2,1-2H3,(H,14,17)(H2,13,15,16,21). The molecule has 120 valence electrons. The smallest absolute Gasteiger partial charge is 0.306 e. The lowest BCUT2D eigenvalue weighted by molar-refractivity contribution is -0.144. The molecule has 0 saturated heterocycles. The van der Waals surface area contributed by atoms with Crippen LogP contribution < -0.4 is 16.2 Å². The predicted molar refractivity (Wildman–Crippen MR) is 79.0 cm³/mol. The second kappa shape index (κ2) is 12.0. The van der Waals surface area contributed by atoms with Crippen molar-refractivity contribution in [2.45, 2.75) is 33.1 Å². The molecule has 8 nitrogen and oxygen atoms in total. The minimum Gasteiger partial charge on any atom is -0.466 e. The van der Waals surface area contributed by atoms with Gasteiger partial charge >= 0.3 is 5.97 Å². The van der Waals surface area contributed by atoms with Gasteiger partial charge in [0.2, 0.25) is 11.8 Å². The summed E-state index contributed by atoms with van der Waals surface area (Å²) in [5.74, 6) is -1.20. The fraction of sp³-hybridized carbons (Fsp3) is 0.667. The van der Waals surface area contributed by atoms with Crippen LogP contribution in [-0.2, 0) is 23.9 Å². The summed E-state index contributed by atoms with van der Waals surface area (Å²) in [5, 5.41) is 2.28. The van der Waals surface area contributed by atoms with Crippen molar-refractivity contribution in [1.29, 1.82) is 0 Å². The largest absolute Gasteiger partial charge is 0.466 e. The van der Waals surface area contributed by atoms with Crippen molar-refractivity contribution in [3.05, 3.63) is 0 Å². The summed E-state index contributed by atoms with van der Waals surface area (Å²) < 4.78 is 9.70. The van der Waals surface area contributed by atoms with E-state index in [0.717, 1.165) is 0 Å². The molecule has 0 saturated carbocycles. The molecule has 0 aromatic heterocycles. The van der Waals surface area contributed by atoms with Gasteiger partial charge in [-0.15, -0.1) is 0 Å². The van der Waals surface area contributed by atoms with Gasteiger partial charge in [0.15, 0.2) is 5.11 Å². The van der Waals surface area contributed by atoms with Crippen molar-refractivity contribution in [2.75, 3.05) is 19.8 Å². The first kappa shape index (κ1) is 19.3. The van der Waals surface area contributed by atoms with Crippen molar-refractivity contribution >= 4 is 35.1 Å². The van der Waals surface area contributed by atoms with Gasteiger partial charge in [-0.25, -0.2) is 0 Å². The van der Waals surface area contributed by atoms with E-state index in [-0.39, 0.29) is 36.9 Å². The number of thiocarbonyl (C=S) groups is 1. The maximum atomic E-state index is 11.4. The lowest BCUT2D eigenvalue weighted by Gasteiger charge is -2.10. The minimum absolute atomic E-state index is 0.0248. The SMILES string of the molecule is CCOCCC(=O)NNC(=S)NC(=O)CCC(=O)OCC. The maximum Gasteiger partial charge on any atom is 0.306 e. The summed E-state index contributed by atoms with van der Waals surface area (Å²) in [6.45, 7) is 4.63. The van der Waals surface area contributed by atoms with E-state index in [1.54, 1.807) is 6.92 Å². The van der Waals surface area contributed by atoms with Gasteiger partial charge in [-0.3, -0.25) is 25.2 Å². The van der Waals surface area contributed by atoms with Gasteiger partial charge in [-0.1, -0.05) is 0 Å². The van der Waals surface area contributed by atoms with Crippen molar-refractivity contribution in [3.8, 4) is 0 Å². The molecule has 0 aliphatic heterocycles. The van der Waals surface area contributed by atoms with Crippen molar-refractivity contribution in [1.82, 2.24) is 16.2 Å². The van der Waals surface area contributed by atoms with Gasteiger partial charge in [0.05, 0.1) is 26.1 Å². The van der Waals surface area contributed by atoms with E-state index in [1.165, 1.54) is 0 Å². The van der Waals surface area contributed by atoms with Gasteiger partial charge in [-0.2, -0.15) is 0 Å². The lowest BCUT2D eigenvalue weighted by Crippen LogP contribution is -2.48. The number of hydrogen-bond donors (Lipinski definition) is 3. The molecule has 0 bridgehead atoms. The molecule has 0 fully saturated rings. The van der Waals surface area contributed by atoms with Gasteiger partial charge in [0, 0.05) is 13.0 Å². The highest BCUT2D eigenvalue weighted by Gasteiger charge is 2.09. The van der Waals surface area contributed by atoms with Crippen molar-refractivity contribution in [3.63, 3.8) is 0 Å². The molecule has 0 aromatic carbocycles. The second-order valence-electron chi connectivity index (χ2n) is 3.80. The molecular weight excluding hydrogens is 298 g/mol. The third-order valence-electron chi connectivity index (χ3n) is 2.11. The fourth-order valence-corrected chi connectivity index (χ4v) is 1.33. The number of nitrogens with one attached hydrogen (secondary N) is 3. The molecule has 0 heterocycles. The molecule has 0 unspecified atom stereocenters. The molecule has 0 atom stereocenters. The molecule has 0 aliphatic rings. The predicted octanol–water partition coefficient (Wildman–Crippen LogP) is -0.222. The van der Waals surface area contributed by atoms with Crippen molar-refractivity contribution in [2.24, 2.45) is 0 Å². The number of ether oxygens (including phenoxy) is 2. The zero-order valence-electron chi connectivity index (χ0n) is 12.2. The van der Waals surface area contributed by atoms with Crippen LogP contribution in [0.5, 0.6) is 0 Å². The van der Waals surface area contributed by atoms with Crippen LogP contribution in [0.15, 0.2) is 0 Å². The molecule has 3 N–H and O–H groups in total. The van der Waals surface area contributed by atoms with Gasteiger partial charge in [0.1, 0.15) is 0 Å². The Bertz CT molecular complexity index is 376. The normalized spacial score (nSPS) is 9.62. The highest BCUT2D eigenvalue weighted by atomic mass is 32.1. The van der Waals surface area contributed by atoms with Crippen molar-refractivity contribution < 1.29 is 23.9 Å². The average Bonchev–Trinajstić information content (AvgIpc) is 2.43. The molecule has 0 radical (unpaired) electrons. The van der Waals surface area contributed by atoms with E-state index in [1.807, 2.05) is 6.92 Å². The molecule has 0 aromatic rings. The number of carbonyl (C=O) groups is 3. The zero-order chi connectivity index (χ0) is 16.1. The molecule has 2 amide bonds. The number of rotatable bonds is 8. The number of esters is 1. The first-order valence-corrected chi connectivity index (χ1v) is 7.02. The maximum absolute atomic E-state index is 11.4.